The number of hydrogen-bond donors (Lipinski definition) is 3. The number of hydrogen-bond acceptors (Lipinski definition) is 5. The summed E-state index contributed by atoms with van der Waals surface area (Å²) in [6.45, 7) is 7.58. The van der Waals surface area contributed by atoms with Crippen molar-refractivity contribution in [2.75, 3.05) is 19.6 Å². The van der Waals surface area contributed by atoms with Gasteiger partial charge in [-0.1, -0.05) is 74.5 Å². The van der Waals surface area contributed by atoms with Gasteiger partial charge in [-0.25, -0.2) is 9.59 Å². The van der Waals surface area contributed by atoms with Gasteiger partial charge in [0.15, 0.2) is 0 Å². The second-order valence-corrected chi connectivity index (χ2v) is 8.17. The van der Waals surface area contributed by atoms with Crippen molar-refractivity contribution in [3.63, 3.8) is 0 Å². The molecule has 0 fully saturated rings. The summed E-state index contributed by atoms with van der Waals surface area (Å²) in [5.41, 5.74) is 10.8. The number of amides is 1. The first-order valence-corrected chi connectivity index (χ1v) is 12.1. The highest BCUT2D eigenvalue weighted by atomic mass is 16.4. The third kappa shape index (κ3) is 9.38. The Hall–Kier alpha value is -4.24. The molecule has 3 aromatic rings. The van der Waals surface area contributed by atoms with E-state index in [1.165, 1.54) is 0 Å². The van der Waals surface area contributed by atoms with Gasteiger partial charge >= 0.3 is 11.9 Å². The minimum atomic E-state index is -1.26. The van der Waals surface area contributed by atoms with Crippen molar-refractivity contribution < 1.29 is 24.6 Å². The summed E-state index contributed by atoms with van der Waals surface area (Å²) in [7, 11) is 0. The minimum Gasteiger partial charge on any atom is -0.478 e. The minimum absolute atomic E-state index is 0.0695. The van der Waals surface area contributed by atoms with Crippen molar-refractivity contribution in [1.29, 1.82) is 0 Å². The van der Waals surface area contributed by atoms with Crippen LogP contribution in [0.5, 0.6) is 0 Å². The lowest BCUT2D eigenvalue weighted by molar-refractivity contribution is -0.134. The molecule has 196 valence electrons. The number of carbonyl (C=O) groups is 3. The van der Waals surface area contributed by atoms with E-state index in [4.69, 9.17) is 21.0 Å². The molecule has 1 amide bonds. The normalized spacial score (nSPS) is 10.8. The van der Waals surface area contributed by atoms with Crippen molar-refractivity contribution in [1.82, 2.24) is 14.7 Å². The number of rotatable bonds is 12. The van der Waals surface area contributed by atoms with Crippen LogP contribution in [0, 0.1) is 0 Å². The maximum absolute atomic E-state index is 11.7. The lowest BCUT2D eigenvalue weighted by Gasteiger charge is -2.17. The molecule has 0 radical (unpaired) electrons. The molecule has 0 unspecified atom stereocenters. The van der Waals surface area contributed by atoms with E-state index in [2.05, 4.69) is 43.0 Å². The Morgan fingerprint density at radius 3 is 1.86 bits per heavy atom. The largest absolute Gasteiger partial charge is 0.478 e. The Morgan fingerprint density at radius 1 is 0.892 bits per heavy atom. The van der Waals surface area contributed by atoms with Gasteiger partial charge in [0.05, 0.1) is 11.4 Å². The Bertz CT molecular complexity index is 1170. The zero-order valence-electron chi connectivity index (χ0n) is 21.2. The molecule has 1 heterocycles. The maximum atomic E-state index is 11.7. The molecule has 0 aliphatic carbocycles. The first kappa shape index (κ1) is 29.0. The predicted molar refractivity (Wildman–Crippen MR) is 143 cm³/mol. The van der Waals surface area contributed by atoms with Gasteiger partial charge < -0.3 is 20.8 Å². The van der Waals surface area contributed by atoms with Gasteiger partial charge in [0, 0.05) is 23.3 Å². The molecule has 0 aliphatic rings. The standard InChI is InChI=1S/C24H30N4O.C4H4O4/c1-3-27(4-2)17-11-16-21-23(19-12-7-5-8-13-19)24(20-14-9-6-10-15-20)28(26-21)18-22(25)29;5-3(6)1-2-4(7)8/h5-10,12-15H,3-4,11,16-18H2,1-2H3,(H2,25,29);1-2H,(H,5,6)(H,7,8). The van der Waals surface area contributed by atoms with Gasteiger partial charge in [0.25, 0.3) is 0 Å². The fourth-order valence-electron chi connectivity index (χ4n) is 3.90. The predicted octanol–water partition coefficient (Wildman–Crippen LogP) is 3.69. The fourth-order valence-corrected chi connectivity index (χ4v) is 3.90. The molecule has 37 heavy (non-hydrogen) atoms. The average molecular weight is 507 g/mol. The number of nitrogens with zero attached hydrogens (tertiary/aromatic N) is 3. The van der Waals surface area contributed by atoms with Gasteiger partial charge in [0.1, 0.15) is 6.54 Å². The summed E-state index contributed by atoms with van der Waals surface area (Å²) in [6, 6.07) is 20.4. The van der Waals surface area contributed by atoms with Crippen LogP contribution in [0.2, 0.25) is 0 Å². The number of carboxylic acid groups (broad SMARTS) is 2. The van der Waals surface area contributed by atoms with E-state index in [-0.39, 0.29) is 12.5 Å². The molecule has 9 nitrogen and oxygen atoms in total. The van der Waals surface area contributed by atoms with E-state index in [1.54, 1.807) is 4.68 Å². The Balaban J connectivity index is 0.000000521. The van der Waals surface area contributed by atoms with Gasteiger partial charge in [-0.3, -0.25) is 9.48 Å². The summed E-state index contributed by atoms with van der Waals surface area (Å²) < 4.78 is 1.77. The van der Waals surface area contributed by atoms with Gasteiger partial charge in [0.2, 0.25) is 5.91 Å². The highest BCUT2D eigenvalue weighted by molar-refractivity contribution is 5.89. The van der Waals surface area contributed by atoms with Gasteiger partial charge in [-0.05, 0) is 38.0 Å². The van der Waals surface area contributed by atoms with Crippen LogP contribution in [0.3, 0.4) is 0 Å². The molecular weight excluding hydrogens is 472 g/mol. The molecule has 9 heteroatoms. The lowest BCUT2D eigenvalue weighted by atomic mass is 9.97. The van der Waals surface area contributed by atoms with Crippen LogP contribution in [0.15, 0.2) is 72.8 Å². The fraction of sp³-hybridized carbons (Fsp3) is 0.286. The Labute approximate surface area is 216 Å². The maximum Gasteiger partial charge on any atom is 0.328 e. The number of aromatic nitrogens is 2. The van der Waals surface area contributed by atoms with Crippen LogP contribution in [0.25, 0.3) is 22.4 Å². The molecular formula is C28H34N4O5. The number of aliphatic carboxylic acids is 2. The van der Waals surface area contributed by atoms with E-state index >= 15 is 0 Å². The molecule has 0 atom stereocenters. The summed E-state index contributed by atoms with van der Waals surface area (Å²) >= 11 is 0. The molecule has 1 aromatic heterocycles. The number of aryl methyl sites for hydroxylation is 1. The molecule has 0 spiro atoms. The van der Waals surface area contributed by atoms with Crippen molar-refractivity contribution in [3.05, 3.63) is 78.5 Å². The van der Waals surface area contributed by atoms with E-state index in [0.717, 1.165) is 60.6 Å². The van der Waals surface area contributed by atoms with Crippen LogP contribution in [-0.2, 0) is 27.3 Å². The summed E-state index contributed by atoms with van der Waals surface area (Å²) in [4.78, 5) is 33.3. The molecule has 0 saturated heterocycles. The van der Waals surface area contributed by atoms with Gasteiger partial charge in [-0.15, -0.1) is 0 Å². The van der Waals surface area contributed by atoms with Crippen molar-refractivity contribution in [2.24, 2.45) is 5.73 Å². The molecule has 0 bridgehead atoms. The first-order chi connectivity index (χ1) is 17.8. The van der Waals surface area contributed by atoms with Crippen molar-refractivity contribution in [3.8, 4) is 22.4 Å². The highest BCUT2D eigenvalue weighted by Gasteiger charge is 2.21. The Kier molecular flexibility index (Phi) is 11.8. The monoisotopic (exact) mass is 506 g/mol. The third-order valence-electron chi connectivity index (χ3n) is 5.59. The zero-order chi connectivity index (χ0) is 27.2. The highest BCUT2D eigenvalue weighted by Crippen LogP contribution is 2.35. The Morgan fingerprint density at radius 2 is 1.41 bits per heavy atom. The second-order valence-electron chi connectivity index (χ2n) is 8.17. The van der Waals surface area contributed by atoms with Crippen molar-refractivity contribution in [2.45, 2.75) is 33.2 Å². The van der Waals surface area contributed by atoms with Crippen molar-refractivity contribution >= 4 is 17.8 Å². The van der Waals surface area contributed by atoms with E-state index in [9.17, 15) is 14.4 Å². The smallest absolute Gasteiger partial charge is 0.328 e. The van der Waals surface area contributed by atoms with Crippen LogP contribution in [0.1, 0.15) is 26.0 Å². The molecule has 0 aliphatic heterocycles. The number of benzene rings is 2. The molecule has 0 saturated carbocycles. The van der Waals surface area contributed by atoms with E-state index in [0.29, 0.717) is 12.2 Å². The van der Waals surface area contributed by atoms with E-state index < -0.39 is 11.9 Å². The van der Waals surface area contributed by atoms with Crippen LogP contribution < -0.4 is 5.73 Å². The third-order valence-corrected chi connectivity index (χ3v) is 5.59. The average Bonchev–Trinajstić information content (AvgIpc) is 3.24. The van der Waals surface area contributed by atoms with Gasteiger partial charge in [-0.2, -0.15) is 5.10 Å². The molecule has 2 aromatic carbocycles. The lowest BCUT2D eigenvalue weighted by Crippen LogP contribution is -2.24. The number of carbonyl (C=O) groups excluding carboxylic acids is 1. The number of carboxylic acids is 2. The summed E-state index contributed by atoms with van der Waals surface area (Å²) in [5.74, 6) is -2.90. The topological polar surface area (TPSA) is 139 Å². The summed E-state index contributed by atoms with van der Waals surface area (Å²) in [5, 5.41) is 20.5. The number of primary amides is 1. The van der Waals surface area contributed by atoms with Crippen LogP contribution in [-0.4, -0.2) is 62.4 Å². The zero-order valence-corrected chi connectivity index (χ0v) is 21.2. The summed E-state index contributed by atoms with van der Waals surface area (Å²) in [6.07, 6.45) is 2.99. The molecule has 4 N–H and O–H groups in total. The van der Waals surface area contributed by atoms with E-state index in [1.807, 2.05) is 36.4 Å². The molecule has 3 rings (SSSR count). The van der Waals surface area contributed by atoms with Crippen LogP contribution in [0.4, 0.5) is 0 Å². The second kappa shape index (κ2) is 15.0. The number of nitrogens with two attached hydrogens (primary N) is 1. The SMILES string of the molecule is CCN(CC)CCCc1nn(CC(N)=O)c(-c2ccccc2)c1-c1ccccc1.O=C(O)C=CC(=O)O. The quantitative estimate of drug-likeness (QED) is 0.318. The first-order valence-electron chi connectivity index (χ1n) is 12.1. The van der Waals surface area contributed by atoms with Crippen LogP contribution >= 0.6 is 0 Å².